The number of rotatable bonds is 1. The molecule has 0 unspecified atom stereocenters. The largest absolute Gasteiger partial charge is 0.387 e. The van der Waals surface area contributed by atoms with Crippen molar-refractivity contribution in [1.82, 2.24) is 4.98 Å². The van der Waals surface area contributed by atoms with Crippen LogP contribution < -0.4 is 5.32 Å². The Kier molecular flexibility index (Phi) is 2.53. The molecule has 2 aromatic rings. The van der Waals surface area contributed by atoms with E-state index in [9.17, 15) is 0 Å². The van der Waals surface area contributed by atoms with Crippen LogP contribution in [-0.2, 0) is 0 Å². The summed E-state index contributed by atoms with van der Waals surface area (Å²) in [4.78, 5) is 4.53. The fourth-order valence-corrected chi connectivity index (χ4v) is 1.95. The minimum atomic E-state index is 0.740. The van der Waals surface area contributed by atoms with Crippen LogP contribution in [0.1, 0.15) is 11.3 Å². The van der Waals surface area contributed by atoms with E-state index in [4.69, 9.17) is 11.6 Å². The summed E-state index contributed by atoms with van der Waals surface area (Å²) in [5.41, 5.74) is 4.31. The van der Waals surface area contributed by atoms with Crippen molar-refractivity contribution in [3.05, 3.63) is 34.5 Å². The van der Waals surface area contributed by atoms with E-state index in [2.05, 4.69) is 17.2 Å². The molecular formula is C12H13ClN2. The van der Waals surface area contributed by atoms with Crippen LogP contribution in [0.15, 0.2) is 18.2 Å². The molecule has 3 heteroatoms. The minimum Gasteiger partial charge on any atom is -0.387 e. The van der Waals surface area contributed by atoms with Crippen molar-refractivity contribution in [1.29, 1.82) is 0 Å². The lowest BCUT2D eigenvalue weighted by Crippen LogP contribution is -1.98. The summed E-state index contributed by atoms with van der Waals surface area (Å²) in [7, 11) is 1.92. The second-order valence-electron chi connectivity index (χ2n) is 3.61. The van der Waals surface area contributed by atoms with Crippen LogP contribution in [0, 0.1) is 13.8 Å². The molecule has 0 radical (unpaired) electrons. The van der Waals surface area contributed by atoms with Gasteiger partial charge in [-0.1, -0.05) is 11.6 Å². The third-order valence-corrected chi connectivity index (χ3v) is 2.92. The average molecular weight is 221 g/mol. The Morgan fingerprint density at radius 3 is 2.67 bits per heavy atom. The molecule has 0 aliphatic rings. The lowest BCUT2D eigenvalue weighted by Gasteiger charge is -2.11. The maximum absolute atomic E-state index is 5.98. The van der Waals surface area contributed by atoms with Crippen LogP contribution in [0.3, 0.4) is 0 Å². The van der Waals surface area contributed by atoms with E-state index in [-0.39, 0.29) is 0 Å². The van der Waals surface area contributed by atoms with Crippen molar-refractivity contribution in [2.75, 3.05) is 12.4 Å². The first-order valence-corrected chi connectivity index (χ1v) is 5.25. The zero-order valence-corrected chi connectivity index (χ0v) is 9.81. The number of fused-ring (bicyclic) bond motifs is 1. The SMILES string of the molecule is CNc1c(C)c(C)nc2ccc(Cl)cc12. The van der Waals surface area contributed by atoms with Gasteiger partial charge in [0.1, 0.15) is 0 Å². The Morgan fingerprint density at radius 2 is 2.00 bits per heavy atom. The second kappa shape index (κ2) is 3.70. The zero-order valence-electron chi connectivity index (χ0n) is 9.06. The summed E-state index contributed by atoms with van der Waals surface area (Å²) in [5.74, 6) is 0. The van der Waals surface area contributed by atoms with Gasteiger partial charge in [0, 0.05) is 28.8 Å². The van der Waals surface area contributed by atoms with E-state index in [0.29, 0.717) is 0 Å². The van der Waals surface area contributed by atoms with Crippen molar-refractivity contribution < 1.29 is 0 Å². The molecule has 1 heterocycles. The third-order valence-electron chi connectivity index (χ3n) is 2.68. The first-order chi connectivity index (χ1) is 7.13. The number of aryl methyl sites for hydroxylation is 1. The molecule has 0 spiro atoms. The van der Waals surface area contributed by atoms with E-state index in [1.54, 1.807) is 0 Å². The van der Waals surface area contributed by atoms with Gasteiger partial charge in [-0.3, -0.25) is 4.98 Å². The maximum Gasteiger partial charge on any atom is 0.0727 e. The topological polar surface area (TPSA) is 24.9 Å². The van der Waals surface area contributed by atoms with Crippen LogP contribution in [0.25, 0.3) is 10.9 Å². The molecule has 0 bridgehead atoms. The predicted molar refractivity (Wildman–Crippen MR) is 65.8 cm³/mol. The highest BCUT2D eigenvalue weighted by molar-refractivity contribution is 6.31. The first-order valence-electron chi connectivity index (χ1n) is 4.87. The predicted octanol–water partition coefficient (Wildman–Crippen LogP) is 3.55. The van der Waals surface area contributed by atoms with Crippen molar-refractivity contribution in [3.63, 3.8) is 0 Å². The van der Waals surface area contributed by atoms with Gasteiger partial charge in [-0.15, -0.1) is 0 Å². The Balaban J connectivity index is 2.89. The summed E-state index contributed by atoms with van der Waals surface area (Å²) >= 11 is 5.98. The van der Waals surface area contributed by atoms with E-state index in [1.807, 2.05) is 32.2 Å². The number of nitrogens with one attached hydrogen (secondary N) is 1. The summed E-state index contributed by atoms with van der Waals surface area (Å²) in [6, 6.07) is 5.76. The Labute approximate surface area is 94.3 Å². The van der Waals surface area contributed by atoms with Crippen LogP contribution >= 0.6 is 11.6 Å². The number of hydrogen-bond acceptors (Lipinski definition) is 2. The highest BCUT2D eigenvalue weighted by Gasteiger charge is 2.07. The van der Waals surface area contributed by atoms with Crippen LogP contribution in [-0.4, -0.2) is 12.0 Å². The third kappa shape index (κ3) is 1.65. The molecule has 0 aliphatic carbocycles. The molecule has 0 aliphatic heterocycles. The average Bonchev–Trinajstić information content (AvgIpc) is 2.21. The quantitative estimate of drug-likeness (QED) is 0.795. The number of halogens is 1. The monoisotopic (exact) mass is 220 g/mol. The Morgan fingerprint density at radius 1 is 1.27 bits per heavy atom. The molecule has 1 N–H and O–H groups in total. The number of aromatic nitrogens is 1. The van der Waals surface area contributed by atoms with Gasteiger partial charge in [-0.05, 0) is 37.6 Å². The van der Waals surface area contributed by atoms with Gasteiger partial charge < -0.3 is 5.32 Å². The molecule has 0 amide bonds. The highest BCUT2D eigenvalue weighted by Crippen LogP contribution is 2.29. The molecule has 1 aromatic carbocycles. The summed E-state index contributed by atoms with van der Waals surface area (Å²) < 4.78 is 0. The molecule has 2 nitrogen and oxygen atoms in total. The molecule has 0 saturated heterocycles. The van der Waals surface area contributed by atoms with Gasteiger partial charge in [0.15, 0.2) is 0 Å². The van der Waals surface area contributed by atoms with Gasteiger partial charge in [-0.2, -0.15) is 0 Å². The summed E-state index contributed by atoms with van der Waals surface area (Å²) in [5, 5.41) is 5.02. The molecule has 15 heavy (non-hydrogen) atoms. The standard InChI is InChI=1S/C12H13ClN2/c1-7-8(2)15-11-5-4-9(13)6-10(11)12(7)14-3/h4-6H,1-3H3,(H,14,15). The van der Waals surface area contributed by atoms with Crippen LogP contribution in [0.2, 0.25) is 5.02 Å². The Hall–Kier alpha value is -1.28. The normalized spacial score (nSPS) is 10.7. The van der Waals surface area contributed by atoms with Gasteiger partial charge in [0.05, 0.1) is 5.52 Å². The van der Waals surface area contributed by atoms with Gasteiger partial charge >= 0.3 is 0 Å². The van der Waals surface area contributed by atoms with E-state index in [0.717, 1.165) is 27.3 Å². The number of anilines is 1. The smallest absolute Gasteiger partial charge is 0.0727 e. The van der Waals surface area contributed by atoms with Crippen molar-refractivity contribution in [2.45, 2.75) is 13.8 Å². The molecule has 0 fully saturated rings. The van der Waals surface area contributed by atoms with E-state index >= 15 is 0 Å². The van der Waals surface area contributed by atoms with Crippen LogP contribution in [0.5, 0.6) is 0 Å². The minimum absolute atomic E-state index is 0.740. The molecular weight excluding hydrogens is 208 g/mol. The zero-order chi connectivity index (χ0) is 11.0. The van der Waals surface area contributed by atoms with Crippen molar-refractivity contribution >= 4 is 28.2 Å². The number of nitrogens with zero attached hydrogens (tertiary/aromatic N) is 1. The Bertz CT molecular complexity index is 521. The van der Waals surface area contributed by atoms with E-state index < -0.39 is 0 Å². The number of hydrogen-bond donors (Lipinski definition) is 1. The molecule has 78 valence electrons. The van der Waals surface area contributed by atoms with Crippen molar-refractivity contribution in [3.8, 4) is 0 Å². The number of pyridine rings is 1. The fourth-order valence-electron chi connectivity index (χ4n) is 1.78. The second-order valence-corrected chi connectivity index (χ2v) is 4.05. The van der Waals surface area contributed by atoms with E-state index in [1.165, 1.54) is 5.56 Å². The fraction of sp³-hybridized carbons (Fsp3) is 0.250. The maximum atomic E-state index is 5.98. The molecule has 0 atom stereocenters. The molecule has 0 saturated carbocycles. The lowest BCUT2D eigenvalue weighted by atomic mass is 10.1. The summed E-state index contributed by atoms with van der Waals surface area (Å²) in [6.45, 7) is 4.08. The highest BCUT2D eigenvalue weighted by atomic mass is 35.5. The molecule has 1 aromatic heterocycles. The lowest BCUT2D eigenvalue weighted by molar-refractivity contribution is 1.19. The van der Waals surface area contributed by atoms with Gasteiger partial charge in [0.2, 0.25) is 0 Å². The van der Waals surface area contributed by atoms with Crippen molar-refractivity contribution in [2.24, 2.45) is 0 Å². The van der Waals surface area contributed by atoms with Crippen LogP contribution in [0.4, 0.5) is 5.69 Å². The van der Waals surface area contributed by atoms with Gasteiger partial charge in [-0.25, -0.2) is 0 Å². The number of benzene rings is 1. The molecule has 2 rings (SSSR count). The summed E-state index contributed by atoms with van der Waals surface area (Å²) in [6.07, 6.45) is 0. The first kappa shape index (κ1) is 10.2. The van der Waals surface area contributed by atoms with Gasteiger partial charge in [0.25, 0.3) is 0 Å².